The maximum Gasteiger partial charge on any atom is 0.254 e. The number of carbonyl (C=O) groups excluding carboxylic acids is 1. The van der Waals surface area contributed by atoms with E-state index >= 15 is 0 Å². The van der Waals surface area contributed by atoms with Gasteiger partial charge in [0.1, 0.15) is 4.90 Å². The van der Waals surface area contributed by atoms with Gasteiger partial charge in [-0.1, -0.05) is 29.3 Å². The number of thiophene rings is 1. The third-order valence-corrected chi connectivity index (χ3v) is 8.22. The Morgan fingerprint density at radius 2 is 1.72 bits per heavy atom. The minimum absolute atomic E-state index is 0.0834. The molecule has 0 bridgehead atoms. The van der Waals surface area contributed by atoms with Gasteiger partial charge in [0.15, 0.2) is 0 Å². The predicted molar refractivity (Wildman–Crippen MR) is 103 cm³/mol. The van der Waals surface area contributed by atoms with Crippen molar-refractivity contribution in [1.82, 2.24) is 9.21 Å². The van der Waals surface area contributed by atoms with Gasteiger partial charge >= 0.3 is 0 Å². The lowest BCUT2D eigenvalue weighted by Crippen LogP contribution is -2.50. The summed E-state index contributed by atoms with van der Waals surface area (Å²) in [5.41, 5.74) is 0.599. The Labute approximate surface area is 168 Å². The predicted octanol–water partition coefficient (Wildman–Crippen LogP) is 3.96. The molecule has 0 radical (unpaired) electrons. The van der Waals surface area contributed by atoms with Crippen molar-refractivity contribution < 1.29 is 13.2 Å². The van der Waals surface area contributed by atoms with Crippen LogP contribution >= 0.6 is 50.5 Å². The molecule has 1 aliphatic heterocycles. The Bertz CT molecular complexity index is 889. The first-order valence-corrected chi connectivity index (χ1v) is 11.1. The van der Waals surface area contributed by atoms with Gasteiger partial charge in [0, 0.05) is 31.6 Å². The van der Waals surface area contributed by atoms with E-state index in [2.05, 4.69) is 15.9 Å². The van der Waals surface area contributed by atoms with Gasteiger partial charge in [-0.3, -0.25) is 4.79 Å². The number of halogens is 3. The lowest BCUT2D eigenvalue weighted by molar-refractivity contribution is 0.0698. The molecule has 0 unspecified atom stereocenters. The van der Waals surface area contributed by atoms with Crippen molar-refractivity contribution >= 4 is 66.4 Å². The molecule has 1 amide bonds. The number of amides is 1. The van der Waals surface area contributed by atoms with Crippen molar-refractivity contribution in [2.45, 2.75) is 4.90 Å². The van der Waals surface area contributed by atoms with Crippen molar-refractivity contribution in [2.75, 3.05) is 26.2 Å². The third kappa shape index (κ3) is 3.89. The first-order chi connectivity index (χ1) is 11.8. The maximum atomic E-state index is 12.8. The average Bonchev–Trinajstić information content (AvgIpc) is 3.00. The third-order valence-electron chi connectivity index (χ3n) is 3.86. The normalized spacial score (nSPS) is 16.2. The summed E-state index contributed by atoms with van der Waals surface area (Å²) >= 11 is 16.8. The van der Waals surface area contributed by atoms with Crippen LogP contribution in [0, 0.1) is 0 Å². The highest BCUT2D eigenvalue weighted by Gasteiger charge is 2.33. The monoisotopic (exact) mass is 482 g/mol. The zero-order chi connectivity index (χ0) is 18.2. The highest BCUT2D eigenvalue weighted by atomic mass is 79.9. The highest BCUT2D eigenvalue weighted by molar-refractivity contribution is 9.11. The van der Waals surface area contributed by atoms with E-state index in [1.165, 1.54) is 27.8 Å². The van der Waals surface area contributed by atoms with E-state index in [1.807, 2.05) is 0 Å². The zero-order valence-electron chi connectivity index (χ0n) is 12.8. The van der Waals surface area contributed by atoms with Crippen LogP contribution in [0.2, 0.25) is 10.0 Å². The molecule has 0 atom stereocenters. The van der Waals surface area contributed by atoms with E-state index in [-0.39, 0.29) is 33.9 Å². The second-order valence-corrected chi connectivity index (χ2v) is 10.4. The van der Waals surface area contributed by atoms with Crippen LogP contribution in [-0.4, -0.2) is 49.7 Å². The standard InChI is InChI=1S/C15H13BrCl2N2O3S2/c16-13-8-10(9-24-13)15(21)19-4-6-20(7-5-19)25(22,23)14-11(17)2-1-3-12(14)18/h1-3,8-9H,4-7H2. The minimum atomic E-state index is -3.81. The molecule has 10 heteroatoms. The van der Waals surface area contributed by atoms with Crippen LogP contribution in [0.25, 0.3) is 0 Å². The SMILES string of the molecule is O=C(c1csc(Br)c1)N1CCN(S(=O)(=O)c2c(Cl)cccc2Cl)CC1. The van der Waals surface area contributed by atoms with E-state index in [0.717, 1.165) is 3.79 Å². The molecule has 134 valence electrons. The minimum Gasteiger partial charge on any atom is -0.336 e. The maximum absolute atomic E-state index is 12.8. The fourth-order valence-corrected chi connectivity index (χ4v) is 6.24. The summed E-state index contributed by atoms with van der Waals surface area (Å²) in [7, 11) is -3.81. The van der Waals surface area contributed by atoms with Gasteiger partial charge in [-0.05, 0) is 34.1 Å². The van der Waals surface area contributed by atoms with Crippen LogP contribution in [0.1, 0.15) is 10.4 Å². The van der Waals surface area contributed by atoms with Crippen molar-refractivity contribution in [3.63, 3.8) is 0 Å². The van der Waals surface area contributed by atoms with Crippen LogP contribution in [0.4, 0.5) is 0 Å². The fourth-order valence-electron chi connectivity index (χ4n) is 2.59. The molecule has 0 saturated carbocycles. The molecule has 2 aromatic rings. The first kappa shape index (κ1) is 19.1. The van der Waals surface area contributed by atoms with Gasteiger partial charge in [0.05, 0.1) is 19.4 Å². The van der Waals surface area contributed by atoms with E-state index in [4.69, 9.17) is 23.2 Å². The number of benzene rings is 1. The van der Waals surface area contributed by atoms with Crippen LogP contribution in [0.3, 0.4) is 0 Å². The molecule has 0 spiro atoms. The Balaban J connectivity index is 1.75. The Hall–Kier alpha value is -0.640. The Kier molecular flexibility index (Phi) is 5.77. The first-order valence-electron chi connectivity index (χ1n) is 7.28. The summed E-state index contributed by atoms with van der Waals surface area (Å²) in [5.74, 6) is -0.102. The number of hydrogen-bond donors (Lipinski definition) is 0. The second kappa shape index (κ2) is 7.54. The average molecular weight is 484 g/mol. The van der Waals surface area contributed by atoms with Crippen molar-refractivity contribution in [3.8, 4) is 0 Å². The second-order valence-electron chi connectivity index (χ2n) is 5.39. The van der Waals surface area contributed by atoms with Crippen LogP contribution in [-0.2, 0) is 10.0 Å². The van der Waals surface area contributed by atoms with Crippen molar-refractivity contribution in [1.29, 1.82) is 0 Å². The molecular weight excluding hydrogens is 471 g/mol. The molecule has 0 N–H and O–H groups in total. The topological polar surface area (TPSA) is 57.7 Å². The summed E-state index contributed by atoms with van der Waals surface area (Å²) in [6.45, 7) is 1.02. The molecule has 2 heterocycles. The van der Waals surface area contributed by atoms with E-state index < -0.39 is 10.0 Å². The molecule has 1 aromatic heterocycles. The van der Waals surface area contributed by atoms with Gasteiger partial charge < -0.3 is 4.90 Å². The van der Waals surface area contributed by atoms with Gasteiger partial charge in [-0.15, -0.1) is 11.3 Å². The molecule has 1 aromatic carbocycles. The molecule has 25 heavy (non-hydrogen) atoms. The Morgan fingerprint density at radius 1 is 1.12 bits per heavy atom. The van der Waals surface area contributed by atoms with Crippen molar-refractivity contribution in [3.05, 3.63) is 49.0 Å². The lowest BCUT2D eigenvalue weighted by atomic mass is 10.2. The number of hydrogen-bond acceptors (Lipinski definition) is 4. The molecule has 3 rings (SSSR count). The summed E-state index contributed by atoms with van der Waals surface area (Å²) < 4.78 is 27.8. The molecule has 0 aliphatic carbocycles. The van der Waals surface area contributed by atoms with E-state index in [9.17, 15) is 13.2 Å². The van der Waals surface area contributed by atoms with Crippen LogP contribution in [0.5, 0.6) is 0 Å². The van der Waals surface area contributed by atoms with Crippen LogP contribution in [0.15, 0.2) is 38.3 Å². The van der Waals surface area contributed by atoms with Gasteiger partial charge in [-0.25, -0.2) is 8.42 Å². The molecular formula is C15H13BrCl2N2O3S2. The quantitative estimate of drug-likeness (QED) is 0.663. The summed E-state index contributed by atoms with van der Waals surface area (Å²) in [6.07, 6.45) is 0. The number of piperazine rings is 1. The lowest BCUT2D eigenvalue weighted by Gasteiger charge is -2.34. The summed E-state index contributed by atoms with van der Waals surface area (Å²) in [6, 6.07) is 6.35. The van der Waals surface area contributed by atoms with E-state index in [0.29, 0.717) is 18.7 Å². The Morgan fingerprint density at radius 3 is 2.24 bits per heavy atom. The van der Waals surface area contributed by atoms with Crippen LogP contribution < -0.4 is 0 Å². The molecule has 5 nitrogen and oxygen atoms in total. The zero-order valence-corrected chi connectivity index (χ0v) is 17.5. The number of nitrogens with zero attached hydrogens (tertiary/aromatic N) is 2. The highest BCUT2D eigenvalue weighted by Crippen LogP contribution is 2.32. The van der Waals surface area contributed by atoms with Gasteiger partial charge in [0.25, 0.3) is 5.91 Å². The van der Waals surface area contributed by atoms with E-state index in [1.54, 1.807) is 22.4 Å². The molecule has 1 aliphatic rings. The number of sulfonamides is 1. The molecule has 1 saturated heterocycles. The fraction of sp³-hybridized carbons (Fsp3) is 0.267. The smallest absolute Gasteiger partial charge is 0.254 e. The van der Waals surface area contributed by atoms with Gasteiger partial charge in [0.2, 0.25) is 10.0 Å². The largest absolute Gasteiger partial charge is 0.336 e. The van der Waals surface area contributed by atoms with Gasteiger partial charge in [-0.2, -0.15) is 4.31 Å². The summed E-state index contributed by atoms with van der Waals surface area (Å²) in [4.78, 5) is 14.0. The van der Waals surface area contributed by atoms with Crippen molar-refractivity contribution in [2.24, 2.45) is 0 Å². The number of carbonyl (C=O) groups is 1. The molecule has 1 fully saturated rings. The number of rotatable bonds is 3. The summed E-state index contributed by atoms with van der Waals surface area (Å²) in [5, 5.41) is 1.96.